The first kappa shape index (κ1) is 13.4. The van der Waals surface area contributed by atoms with Crippen LogP contribution in [-0.2, 0) is 0 Å². The van der Waals surface area contributed by atoms with Gasteiger partial charge in [0.15, 0.2) is 0 Å². The first-order chi connectivity index (χ1) is 8.03. The second-order valence-corrected chi connectivity index (χ2v) is 7.28. The summed E-state index contributed by atoms with van der Waals surface area (Å²) < 4.78 is 0. The molecule has 2 rings (SSSR count). The lowest BCUT2D eigenvalue weighted by Crippen LogP contribution is -3.00. The first-order valence-corrected chi connectivity index (χ1v) is 7.87. The van der Waals surface area contributed by atoms with E-state index in [1.165, 1.54) is 45.1 Å². The summed E-state index contributed by atoms with van der Waals surface area (Å²) in [7, 11) is 0. The third kappa shape index (κ3) is 3.24. The molecule has 0 spiro atoms. The Kier molecular flexibility index (Phi) is 4.18. The molecule has 0 amide bonds. The van der Waals surface area contributed by atoms with E-state index in [-0.39, 0.29) is 0 Å². The van der Waals surface area contributed by atoms with E-state index < -0.39 is 0 Å². The molecule has 4 unspecified atom stereocenters. The van der Waals surface area contributed by atoms with E-state index in [0.717, 1.165) is 23.7 Å². The summed E-state index contributed by atoms with van der Waals surface area (Å²) in [4.78, 5) is 0. The maximum absolute atomic E-state index is 2.64. The van der Waals surface area contributed by atoms with Gasteiger partial charge in [-0.3, -0.25) is 0 Å². The predicted octanol–water partition coefficient (Wildman–Crippen LogP) is 3.20. The van der Waals surface area contributed by atoms with Crippen molar-refractivity contribution < 1.29 is 5.32 Å². The zero-order chi connectivity index (χ0) is 12.5. The molecular weight excluding hydrogens is 206 g/mol. The zero-order valence-electron chi connectivity index (χ0n) is 12.3. The topological polar surface area (TPSA) is 16.6 Å². The van der Waals surface area contributed by atoms with Gasteiger partial charge in [0.2, 0.25) is 0 Å². The van der Waals surface area contributed by atoms with E-state index in [1.54, 1.807) is 0 Å². The third-order valence-corrected chi connectivity index (χ3v) is 5.81. The van der Waals surface area contributed by atoms with Gasteiger partial charge in [-0.15, -0.1) is 0 Å². The molecule has 0 aromatic carbocycles. The molecule has 1 nitrogen and oxygen atoms in total. The summed E-state index contributed by atoms with van der Waals surface area (Å²) in [6.07, 6.45) is 8.80. The Bertz CT molecular complexity index is 246. The highest BCUT2D eigenvalue weighted by Crippen LogP contribution is 2.40. The molecule has 2 fully saturated rings. The van der Waals surface area contributed by atoms with Gasteiger partial charge in [-0.05, 0) is 50.4 Å². The fourth-order valence-electron chi connectivity index (χ4n) is 3.76. The zero-order valence-corrected chi connectivity index (χ0v) is 12.3. The van der Waals surface area contributed by atoms with E-state index in [9.17, 15) is 0 Å². The minimum Gasteiger partial charge on any atom is -0.341 e. The normalized spacial score (nSPS) is 38.8. The van der Waals surface area contributed by atoms with Crippen molar-refractivity contribution in [1.29, 1.82) is 0 Å². The van der Waals surface area contributed by atoms with Gasteiger partial charge >= 0.3 is 0 Å². The molecular formula is C16H32N+. The average Bonchev–Trinajstić information content (AvgIpc) is 3.12. The molecule has 1 heteroatoms. The molecule has 0 radical (unpaired) electrons. The van der Waals surface area contributed by atoms with Gasteiger partial charge in [-0.25, -0.2) is 0 Å². The van der Waals surface area contributed by atoms with Gasteiger partial charge < -0.3 is 5.32 Å². The third-order valence-electron chi connectivity index (χ3n) is 5.81. The van der Waals surface area contributed by atoms with Crippen LogP contribution in [0.3, 0.4) is 0 Å². The van der Waals surface area contributed by atoms with E-state index in [0.29, 0.717) is 5.54 Å². The molecule has 4 atom stereocenters. The monoisotopic (exact) mass is 238 g/mol. The minimum atomic E-state index is 0.571. The van der Waals surface area contributed by atoms with Crippen LogP contribution in [0.4, 0.5) is 0 Å². The van der Waals surface area contributed by atoms with Crippen molar-refractivity contribution in [2.75, 3.05) is 6.54 Å². The standard InChI is InChI=1S/C16H31N/c1-12(15-8-9-15)7-5-6-10-17-16(4)11-13(2)14(16)3/h12-15,17H,5-11H2,1-4H3/p+1. The first-order valence-electron chi connectivity index (χ1n) is 7.87. The van der Waals surface area contributed by atoms with Gasteiger partial charge in [-0.2, -0.15) is 0 Å². The Morgan fingerprint density at radius 3 is 2.47 bits per heavy atom. The van der Waals surface area contributed by atoms with Gasteiger partial charge in [0, 0.05) is 12.3 Å². The molecule has 0 aliphatic heterocycles. The molecule has 2 aliphatic rings. The van der Waals surface area contributed by atoms with E-state index in [1.807, 2.05) is 0 Å². The van der Waals surface area contributed by atoms with Crippen LogP contribution >= 0.6 is 0 Å². The van der Waals surface area contributed by atoms with Crippen LogP contribution in [-0.4, -0.2) is 12.1 Å². The van der Waals surface area contributed by atoms with Crippen LogP contribution in [0.25, 0.3) is 0 Å². The average molecular weight is 238 g/mol. The molecule has 0 aromatic rings. The molecule has 17 heavy (non-hydrogen) atoms. The second kappa shape index (κ2) is 5.30. The van der Waals surface area contributed by atoms with E-state index in [4.69, 9.17) is 0 Å². The molecule has 100 valence electrons. The summed E-state index contributed by atoms with van der Waals surface area (Å²) in [5.41, 5.74) is 0.571. The van der Waals surface area contributed by atoms with Gasteiger partial charge in [-0.1, -0.05) is 27.2 Å². The van der Waals surface area contributed by atoms with Crippen LogP contribution in [0.1, 0.15) is 66.2 Å². The lowest BCUT2D eigenvalue weighted by atomic mass is 9.61. The maximum Gasteiger partial charge on any atom is 0.0963 e. The van der Waals surface area contributed by atoms with Crippen molar-refractivity contribution >= 4 is 0 Å². The highest BCUT2D eigenvalue weighted by Gasteiger charge is 2.48. The number of quaternary nitrogens is 1. The number of hydrogen-bond donors (Lipinski definition) is 1. The minimum absolute atomic E-state index is 0.571. The summed E-state index contributed by atoms with van der Waals surface area (Å²) in [5, 5.41) is 2.64. The quantitative estimate of drug-likeness (QED) is 0.656. The second-order valence-electron chi connectivity index (χ2n) is 7.28. The molecule has 2 saturated carbocycles. The molecule has 0 heterocycles. The summed E-state index contributed by atoms with van der Waals surface area (Å²) in [6, 6.07) is 0. The SMILES string of the molecule is CC(CCCC[NH2+]C1(C)CC(C)C1C)C1CC1. The molecule has 2 N–H and O–H groups in total. The van der Waals surface area contributed by atoms with Crippen molar-refractivity contribution in [3.05, 3.63) is 0 Å². The Morgan fingerprint density at radius 1 is 1.24 bits per heavy atom. The summed E-state index contributed by atoms with van der Waals surface area (Å²) in [5.74, 6) is 3.97. The van der Waals surface area contributed by atoms with Crippen LogP contribution in [0.2, 0.25) is 0 Å². The lowest BCUT2D eigenvalue weighted by molar-refractivity contribution is -0.747. The lowest BCUT2D eigenvalue weighted by Gasteiger charge is -2.48. The Balaban J connectivity index is 1.51. The number of nitrogens with two attached hydrogens (primary N) is 1. The van der Waals surface area contributed by atoms with E-state index in [2.05, 4.69) is 33.0 Å². The summed E-state index contributed by atoms with van der Waals surface area (Å²) in [6.45, 7) is 11.1. The Labute approximate surface area is 108 Å². The number of unbranched alkanes of at least 4 members (excludes halogenated alkanes) is 1. The largest absolute Gasteiger partial charge is 0.341 e. The molecule has 0 aromatic heterocycles. The number of rotatable bonds is 7. The van der Waals surface area contributed by atoms with Crippen LogP contribution in [0, 0.1) is 23.7 Å². The fraction of sp³-hybridized carbons (Fsp3) is 1.00. The Morgan fingerprint density at radius 2 is 1.94 bits per heavy atom. The van der Waals surface area contributed by atoms with E-state index >= 15 is 0 Å². The highest BCUT2D eigenvalue weighted by atomic mass is 15.0. The fourth-order valence-corrected chi connectivity index (χ4v) is 3.76. The van der Waals surface area contributed by atoms with Crippen LogP contribution in [0.15, 0.2) is 0 Å². The molecule has 0 saturated heterocycles. The smallest absolute Gasteiger partial charge is 0.0963 e. The van der Waals surface area contributed by atoms with Crippen molar-refractivity contribution in [2.24, 2.45) is 23.7 Å². The maximum atomic E-state index is 2.64. The van der Waals surface area contributed by atoms with Gasteiger partial charge in [0.25, 0.3) is 0 Å². The predicted molar refractivity (Wildman–Crippen MR) is 73.9 cm³/mol. The molecule has 0 bridgehead atoms. The number of hydrogen-bond acceptors (Lipinski definition) is 0. The van der Waals surface area contributed by atoms with Crippen LogP contribution in [0.5, 0.6) is 0 Å². The van der Waals surface area contributed by atoms with Crippen LogP contribution < -0.4 is 5.32 Å². The van der Waals surface area contributed by atoms with Crippen molar-refractivity contribution in [2.45, 2.75) is 71.8 Å². The summed E-state index contributed by atoms with van der Waals surface area (Å²) >= 11 is 0. The van der Waals surface area contributed by atoms with Crippen molar-refractivity contribution in [1.82, 2.24) is 0 Å². The Hall–Kier alpha value is -0.0400. The van der Waals surface area contributed by atoms with Crippen molar-refractivity contribution in [3.8, 4) is 0 Å². The highest BCUT2D eigenvalue weighted by molar-refractivity contribution is 4.94. The van der Waals surface area contributed by atoms with Gasteiger partial charge in [0.05, 0.1) is 12.1 Å². The molecule has 2 aliphatic carbocycles. The van der Waals surface area contributed by atoms with Crippen molar-refractivity contribution in [3.63, 3.8) is 0 Å². The van der Waals surface area contributed by atoms with Gasteiger partial charge in [0.1, 0.15) is 0 Å².